The first-order valence-electron chi connectivity index (χ1n) is 7.50. The highest BCUT2D eigenvalue weighted by molar-refractivity contribution is 5.28. The van der Waals surface area contributed by atoms with Crippen LogP contribution < -0.4 is 5.32 Å². The molecular formula is C15H29N3O. The van der Waals surface area contributed by atoms with Gasteiger partial charge < -0.3 is 10.1 Å². The van der Waals surface area contributed by atoms with Gasteiger partial charge in [0.2, 0.25) is 0 Å². The van der Waals surface area contributed by atoms with E-state index in [0.29, 0.717) is 6.04 Å². The maximum atomic E-state index is 5.39. The Kier molecular flexibility index (Phi) is 7.10. The minimum atomic E-state index is 0.422. The van der Waals surface area contributed by atoms with Crippen LogP contribution in [-0.2, 0) is 11.3 Å². The van der Waals surface area contributed by atoms with Crippen LogP contribution in [0.5, 0.6) is 0 Å². The van der Waals surface area contributed by atoms with Crippen molar-refractivity contribution in [3.05, 3.63) is 17.0 Å². The molecule has 110 valence electrons. The lowest BCUT2D eigenvalue weighted by Crippen LogP contribution is -2.21. The Balaban J connectivity index is 2.75. The first-order valence-corrected chi connectivity index (χ1v) is 7.50. The Hall–Kier alpha value is -0.870. The summed E-state index contributed by atoms with van der Waals surface area (Å²) in [6, 6.07) is 0.422. The van der Waals surface area contributed by atoms with Crippen LogP contribution in [0.1, 0.15) is 56.6 Å². The molecule has 4 nitrogen and oxygen atoms in total. The van der Waals surface area contributed by atoms with E-state index in [9.17, 15) is 0 Å². The van der Waals surface area contributed by atoms with Crippen LogP contribution in [0.3, 0.4) is 0 Å². The maximum Gasteiger partial charge on any atom is 0.0644 e. The summed E-state index contributed by atoms with van der Waals surface area (Å²) < 4.78 is 7.51. The molecule has 0 aliphatic rings. The number of aryl methyl sites for hydroxylation is 2. The molecule has 0 radical (unpaired) electrons. The molecule has 4 heteroatoms. The zero-order chi connectivity index (χ0) is 14.3. The normalized spacial score (nSPS) is 12.9. The third kappa shape index (κ3) is 4.32. The molecule has 1 atom stereocenters. The van der Waals surface area contributed by atoms with E-state index >= 15 is 0 Å². The second kappa shape index (κ2) is 8.33. The topological polar surface area (TPSA) is 39.1 Å². The molecule has 1 heterocycles. The summed E-state index contributed by atoms with van der Waals surface area (Å²) in [6.45, 7) is 14.2. The van der Waals surface area contributed by atoms with Gasteiger partial charge in [0, 0.05) is 37.1 Å². The molecule has 0 spiro atoms. The fourth-order valence-electron chi connectivity index (χ4n) is 2.59. The fourth-order valence-corrected chi connectivity index (χ4v) is 2.59. The largest absolute Gasteiger partial charge is 0.382 e. The molecule has 0 saturated heterocycles. The average molecular weight is 267 g/mol. The van der Waals surface area contributed by atoms with Crippen LogP contribution in [0.4, 0.5) is 0 Å². The molecular weight excluding hydrogens is 238 g/mol. The van der Waals surface area contributed by atoms with Crippen molar-refractivity contribution in [2.24, 2.45) is 0 Å². The zero-order valence-corrected chi connectivity index (χ0v) is 13.1. The predicted octanol–water partition coefficient (Wildman–Crippen LogP) is 2.99. The molecule has 0 aliphatic carbocycles. The van der Waals surface area contributed by atoms with Gasteiger partial charge >= 0.3 is 0 Å². The van der Waals surface area contributed by atoms with Crippen molar-refractivity contribution in [1.82, 2.24) is 15.1 Å². The lowest BCUT2D eigenvalue weighted by Gasteiger charge is -2.16. The highest BCUT2D eigenvalue weighted by Gasteiger charge is 2.18. The molecule has 1 unspecified atom stereocenters. The first-order chi connectivity index (χ1) is 9.15. The van der Waals surface area contributed by atoms with Gasteiger partial charge in [0.15, 0.2) is 0 Å². The van der Waals surface area contributed by atoms with Crippen molar-refractivity contribution >= 4 is 0 Å². The summed E-state index contributed by atoms with van der Waals surface area (Å²) in [5, 5.41) is 8.22. The lowest BCUT2D eigenvalue weighted by atomic mass is 10.0. The van der Waals surface area contributed by atoms with E-state index in [0.717, 1.165) is 44.8 Å². The highest BCUT2D eigenvalue weighted by atomic mass is 16.5. The minimum absolute atomic E-state index is 0.422. The monoisotopic (exact) mass is 267 g/mol. The van der Waals surface area contributed by atoms with E-state index in [1.807, 2.05) is 6.92 Å². The molecule has 1 aromatic rings. The summed E-state index contributed by atoms with van der Waals surface area (Å²) in [5.41, 5.74) is 3.82. The van der Waals surface area contributed by atoms with Gasteiger partial charge in [-0.15, -0.1) is 0 Å². The Bertz CT molecular complexity index is 374. The molecule has 0 bridgehead atoms. The van der Waals surface area contributed by atoms with Crippen molar-refractivity contribution < 1.29 is 4.74 Å². The number of ether oxygens (including phenoxy) is 1. The molecule has 1 N–H and O–H groups in total. The number of rotatable bonds is 9. The SMILES string of the molecule is CCNC(CC)c1c(C)nn(CCCOCC)c1C. The van der Waals surface area contributed by atoms with Crippen LogP contribution >= 0.6 is 0 Å². The van der Waals surface area contributed by atoms with Gasteiger partial charge in [0.1, 0.15) is 0 Å². The Morgan fingerprint density at radius 1 is 1.26 bits per heavy atom. The molecule has 19 heavy (non-hydrogen) atoms. The van der Waals surface area contributed by atoms with Crippen molar-refractivity contribution in [2.75, 3.05) is 19.8 Å². The zero-order valence-electron chi connectivity index (χ0n) is 13.1. The van der Waals surface area contributed by atoms with Gasteiger partial charge in [-0.25, -0.2) is 0 Å². The Morgan fingerprint density at radius 3 is 2.58 bits per heavy atom. The number of nitrogens with zero attached hydrogens (tertiary/aromatic N) is 2. The summed E-state index contributed by atoms with van der Waals surface area (Å²) >= 11 is 0. The van der Waals surface area contributed by atoms with Gasteiger partial charge in [-0.2, -0.15) is 5.10 Å². The molecule has 0 aliphatic heterocycles. The lowest BCUT2D eigenvalue weighted by molar-refractivity contribution is 0.140. The van der Waals surface area contributed by atoms with E-state index in [1.54, 1.807) is 0 Å². The Labute approximate surface area is 117 Å². The van der Waals surface area contributed by atoms with E-state index in [-0.39, 0.29) is 0 Å². The van der Waals surface area contributed by atoms with Gasteiger partial charge in [0.25, 0.3) is 0 Å². The third-order valence-electron chi connectivity index (χ3n) is 3.51. The molecule has 0 fully saturated rings. The van der Waals surface area contributed by atoms with E-state index in [1.165, 1.54) is 11.3 Å². The quantitative estimate of drug-likeness (QED) is 0.699. The number of hydrogen-bond donors (Lipinski definition) is 1. The molecule has 1 rings (SSSR count). The second-order valence-corrected chi connectivity index (χ2v) is 4.88. The van der Waals surface area contributed by atoms with Crippen LogP contribution in [0.25, 0.3) is 0 Å². The van der Waals surface area contributed by atoms with Gasteiger partial charge in [-0.1, -0.05) is 13.8 Å². The summed E-state index contributed by atoms with van der Waals surface area (Å²) in [6.07, 6.45) is 2.12. The molecule has 0 amide bonds. The summed E-state index contributed by atoms with van der Waals surface area (Å²) in [4.78, 5) is 0. The third-order valence-corrected chi connectivity index (χ3v) is 3.51. The summed E-state index contributed by atoms with van der Waals surface area (Å²) in [5.74, 6) is 0. The first kappa shape index (κ1) is 16.2. The minimum Gasteiger partial charge on any atom is -0.382 e. The fraction of sp³-hybridized carbons (Fsp3) is 0.800. The van der Waals surface area contributed by atoms with Crippen LogP contribution in [0.2, 0.25) is 0 Å². The Morgan fingerprint density at radius 2 is 2.00 bits per heavy atom. The van der Waals surface area contributed by atoms with E-state index in [2.05, 4.69) is 42.8 Å². The second-order valence-electron chi connectivity index (χ2n) is 4.88. The van der Waals surface area contributed by atoms with E-state index in [4.69, 9.17) is 4.74 Å². The van der Waals surface area contributed by atoms with Gasteiger partial charge in [-0.3, -0.25) is 4.68 Å². The van der Waals surface area contributed by atoms with Crippen molar-refractivity contribution in [2.45, 2.75) is 60.0 Å². The molecule has 0 saturated carbocycles. The number of aromatic nitrogens is 2. The average Bonchev–Trinajstić information content (AvgIpc) is 2.67. The summed E-state index contributed by atoms with van der Waals surface area (Å²) in [7, 11) is 0. The van der Waals surface area contributed by atoms with Crippen LogP contribution in [-0.4, -0.2) is 29.5 Å². The van der Waals surface area contributed by atoms with Crippen LogP contribution in [0, 0.1) is 13.8 Å². The number of hydrogen-bond acceptors (Lipinski definition) is 3. The number of nitrogens with one attached hydrogen (secondary N) is 1. The maximum absolute atomic E-state index is 5.39. The van der Waals surface area contributed by atoms with Crippen molar-refractivity contribution in [3.63, 3.8) is 0 Å². The van der Waals surface area contributed by atoms with Crippen LogP contribution in [0.15, 0.2) is 0 Å². The van der Waals surface area contributed by atoms with Crippen molar-refractivity contribution in [1.29, 1.82) is 0 Å². The standard InChI is InChI=1S/C15H29N3O/c1-6-14(16-7-2)15-12(4)17-18(13(15)5)10-9-11-19-8-3/h14,16H,6-11H2,1-5H3. The van der Waals surface area contributed by atoms with Gasteiger partial charge in [-0.05, 0) is 40.2 Å². The smallest absolute Gasteiger partial charge is 0.0644 e. The molecule has 1 aromatic heterocycles. The van der Waals surface area contributed by atoms with Crippen molar-refractivity contribution in [3.8, 4) is 0 Å². The van der Waals surface area contributed by atoms with E-state index < -0.39 is 0 Å². The molecule has 0 aromatic carbocycles. The van der Waals surface area contributed by atoms with Gasteiger partial charge in [0.05, 0.1) is 5.69 Å². The highest BCUT2D eigenvalue weighted by Crippen LogP contribution is 2.24. The predicted molar refractivity (Wildman–Crippen MR) is 79.5 cm³/mol.